The Labute approximate surface area is 108 Å². The van der Waals surface area contributed by atoms with Crippen molar-refractivity contribution in [1.82, 2.24) is 4.98 Å². The minimum Gasteiger partial charge on any atom is -0.477 e. The summed E-state index contributed by atoms with van der Waals surface area (Å²) in [5.41, 5.74) is 9.41. The first-order valence-electron chi connectivity index (χ1n) is 5.57. The van der Waals surface area contributed by atoms with Gasteiger partial charge in [-0.15, -0.1) is 0 Å². The van der Waals surface area contributed by atoms with Crippen LogP contribution in [0.1, 0.15) is 22.5 Å². The lowest BCUT2D eigenvalue weighted by Gasteiger charge is -1.90. The smallest absolute Gasteiger partial charge is 0.353 e. The van der Waals surface area contributed by atoms with E-state index in [1.165, 1.54) is 0 Å². The highest BCUT2D eigenvalue weighted by molar-refractivity contribution is 5.99. The number of carbonyl (C=O) groups is 1. The van der Waals surface area contributed by atoms with Gasteiger partial charge in [0.25, 0.3) is 0 Å². The van der Waals surface area contributed by atoms with Gasteiger partial charge in [0.05, 0.1) is 5.56 Å². The molecule has 1 aromatic heterocycles. The molecule has 0 aliphatic carbocycles. The normalized spacial score (nSPS) is 9.47. The highest BCUT2D eigenvalue weighted by Crippen LogP contribution is 2.21. The molecule has 1 heterocycles. The molecule has 1 aromatic carbocycles. The predicted molar refractivity (Wildman–Crippen MR) is 70.8 cm³/mol. The van der Waals surface area contributed by atoms with Crippen LogP contribution in [0.2, 0.25) is 0 Å². The van der Waals surface area contributed by atoms with Crippen LogP contribution in [0.25, 0.3) is 21.3 Å². The Morgan fingerprint density at radius 1 is 1.47 bits per heavy atom. The van der Waals surface area contributed by atoms with E-state index in [1.54, 1.807) is 6.07 Å². The first kappa shape index (κ1) is 12.6. The number of aromatic amines is 1. The Morgan fingerprint density at radius 3 is 3.00 bits per heavy atom. The first-order valence-corrected chi connectivity index (χ1v) is 5.57. The largest absolute Gasteiger partial charge is 0.477 e. The molecule has 0 unspecified atom stereocenters. The van der Waals surface area contributed by atoms with Crippen molar-refractivity contribution in [3.05, 3.63) is 46.0 Å². The quantitative estimate of drug-likeness (QED) is 0.289. The molecule has 6 nitrogen and oxygen atoms in total. The highest BCUT2D eigenvalue weighted by atomic mass is 16.4. The van der Waals surface area contributed by atoms with Gasteiger partial charge in [0.1, 0.15) is 5.69 Å². The lowest BCUT2D eigenvalue weighted by Crippen LogP contribution is -1.98. The van der Waals surface area contributed by atoms with E-state index in [1.807, 2.05) is 18.2 Å². The molecular weight excluding hydrogens is 244 g/mol. The molecule has 2 rings (SSSR count). The number of para-hydroxylation sites is 1. The second kappa shape index (κ2) is 5.63. The minimum absolute atomic E-state index is 0.0810. The summed E-state index contributed by atoms with van der Waals surface area (Å²) < 4.78 is 0. The number of carboxylic acids is 1. The van der Waals surface area contributed by atoms with Gasteiger partial charge in [-0.25, -0.2) is 4.79 Å². The monoisotopic (exact) mass is 254 g/mol. The van der Waals surface area contributed by atoms with Crippen molar-refractivity contribution in [3.63, 3.8) is 0 Å². The Balaban J connectivity index is 2.42. The van der Waals surface area contributed by atoms with Crippen molar-refractivity contribution < 1.29 is 9.90 Å². The van der Waals surface area contributed by atoms with Crippen LogP contribution in [-0.4, -0.2) is 22.6 Å². The van der Waals surface area contributed by atoms with Gasteiger partial charge in [-0.3, -0.25) is 0 Å². The zero-order chi connectivity index (χ0) is 13.7. The molecule has 0 aliphatic heterocycles. The Bertz CT molecular complexity index is 730. The van der Waals surface area contributed by atoms with E-state index >= 15 is 0 Å². The number of hydrogen-bond acceptors (Lipinski definition) is 2. The first-order chi connectivity index (χ1) is 9.24. The number of rotatable bonds is 3. The van der Waals surface area contributed by atoms with Crippen molar-refractivity contribution in [2.75, 3.05) is 6.54 Å². The lowest BCUT2D eigenvalue weighted by atomic mass is 10.1. The standard InChI is InChI=1S/C13H10N4O2/c14-17-15-8-4-3-6-10-9-5-1-2-7-11(9)16-12(10)13(18)19/h1-2,5,7,16H,4,8H2,(H,18,19). The molecule has 19 heavy (non-hydrogen) atoms. The fourth-order valence-electron chi connectivity index (χ4n) is 1.73. The summed E-state index contributed by atoms with van der Waals surface area (Å²) in [4.78, 5) is 16.6. The van der Waals surface area contributed by atoms with Crippen LogP contribution in [-0.2, 0) is 0 Å². The van der Waals surface area contributed by atoms with Crippen molar-refractivity contribution in [2.45, 2.75) is 6.42 Å². The van der Waals surface area contributed by atoms with E-state index in [2.05, 4.69) is 26.9 Å². The van der Waals surface area contributed by atoms with E-state index in [4.69, 9.17) is 10.6 Å². The fraction of sp³-hybridized carbons (Fsp3) is 0.154. The molecule has 0 fully saturated rings. The summed E-state index contributed by atoms with van der Waals surface area (Å²) >= 11 is 0. The van der Waals surface area contributed by atoms with Crippen LogP contribution in [0.3, 0.4) is 0 Å². The number of hydrogen-bond donors (Lipinski definition) is 2. The zero-order valence-corrected chi connectivity index (χ0v) is 9.92. The summed E-state index contributed by atoms with van der Waals surface area (Å²) in [6, 6.07) is 7.26. The van der Waals surface area contributed by atoms with Gasteiger partial charge < -0.3 is 10.1 Å². The molecule has 94 valence electrons. The molecule has 0 atom stereocenters. The second-order valence-corrected chi connectivity index (χ2v) is 3.73. The third-order valence-electron chi connectivity index (χ3n) is 2.53. The van der Waals surface area contributed by atoms with Gasteiger partial charge in [0.15, 0.2) is 0 Å². The number of H-pyrrole nitrogens is 1. The predicted octanol–water partition coefficient (Wildman–Crippen LogP) is 2.92. The van der Waals surface area contributed by atoms with E-state index < -0.39 is 5.97 Å². The summed E-state index contributed by atoms with van der Waals surface area (Å²) in [6.45, 7) is 0.272. The van der Waals surface area contributed by atoms with Crippen LogP contribution >= 0.6 is 0 Å². The van der Waals surface area contributed by atoms with Crippen LogP contribution in [0.15, 0.2) is 29.4 Å². The van der Waals surface area contributed by atoms with Crippen molar-refractivity contribution in [3.8, 4) is 11.8 Å². The zero-order valence-electron chi connectivity index (χ0n) is 9.92. The Kier molecular flexibility index (Phi) is 3.72. The number of nitrogens with one attached hydrogen (secondary N) is 1. The van der Waals surface area contributed by atoms with Crippen LogP contribution in [0.4, 0.5) is 0 Å². The van der Waals surface area contributed by atoms with Gasteiger partial charge in [-0.05, 0) is 11.6 Å². The molecule has 2 N–H and O–H groups in total. The molecular formula is C13H10N4O2. The molecule has 2 aromatic rings. The molecule has 0 bridgehead atoms. The van der Waals surface area contributed by atoms with E-state index in [0.29, 0.717) is 12.0 Å². The minimum atomic E-state index is -1.05. The average Bonchev–Trinajstić information content (AvgIpc) is 2.78. The Hall–Kier alpha value is -2.90. The summed E-state index contributed by atoms with van der Waals surface area (Å²) in [5, 5.41) is 13.3. The van der Waals surface area contributed by atoms with Crippen molar-refractivity contribution in [2.24, 2.45) is 5.11 Å². The number of fused-ring (bicyclic) bond motifs is 1. The maximum atomic E-state index is 11.2. The number of aromatic nitrogens is 1. The third-order valence-corrected chi connectivity index (χ3v) is 2.53. The summed E-state index contributed by atoms with van der Waals surface area (Å²) in [6.07, 6.45) is 0.391. The van der Waals surface area contributed by atoms with E-state index in [0.717, 1.165) is 10.9 Å². The van der Waals surface area contributed by atoms with Gasteiger partial charge >= 0.3 is 5.97 Å². The van der Waals surface area contributed by atoms with Crippen LogP contribution < -0.4 is 0 Å². The number of aromatic carboxylic acids is 1. The summed E-state index contributed by atoms with van der Waals surface area (Å²) in [7, 11) is 0. The molecule has 0 saturated carbocycles. The molecule has 0 radical (unpaired) electrons. The topological polar surface area (TPSA) is 102 Å². The second-order valence-electron chi connectivity index (χ2n) is 3.73. The number of nitrogens with zero attached hydrogens (tertiary/aromatic N) is 3. The molecule has 0 saturated heterocycles. The number of carboxylic acid groups (broad SMARTS) is 1. The highest BCUT2D eigenvalue weighted by Gasteiger charge is 2.14. The SMILES string of the molecule is [N-]=[N+]=NCCC#Cc1c(C(=O)O)[nH]c2ccccc12. The van der Waals surface area contributed by atoms with Gasteiger partial charge in [0, 0.05) is 28.8 Å². The van der Waals surface area contributed by atoms with Crippen LogP contribution in [0, 0.1) is 11.8 Å². The number of benzene rings is 1. The maximum absolute atomic E-state index is 11.2. The maximum Gasteiger partial charge on any atom is 0.353 e. The fourth-order valence-corrected chi connectivity index (χ4v) is 1.73. The van der Waals surface area contributed by atoms with Crippen LogP contribution in [0.5, 0.6) is 0 Å². The van der Waals surface area contributed by atoms with Crippen molar-refractivity contribution >= 4 is 16.9 Å². The third kappa shape index (κ3) is 2.68. The van der Waals surface area contributed by atoms with Crippen molar-refractivity contribution in [1.29, 1.82) is 0 Å². The number of azide groups is 1. The van der Waals surface area contributed by atoms with Gasteiger partial charge in [-0.1, -0.05) is 35.2 Å². The Morgan fingerprint density at radius 2 is 2.26 bits per heavy atom. The molecule has 0 aliphatic rings. The van der Waals surface area contributed by atoms with E-state index in [-0.39, 0.29) is 12.2 Å². The molecule has 0 spiro atoms. The lowest BCUT2D eigenvalue weighted by molar-refractivity contribution is 0.0691. The summed E-state index contributed by atoms with van der Waals surface area (Å²) in [5.74, 6) is 4.60. The average molecular weight is 254 g/mol. The van der Waals surface area contributed by atoms with Gasteiger partial charge in [-0.2, -0.15) is 0 Å². The van der Waals surface area contributed by atoms with E-state index in [9.17, 15) is 4.79 Å². The van der Waals surface area contributed by atoms with Gasteiger partial charge in [0.2, 0.25) is 0 Å². The molecule has 0 amide bonds. The molecule has 6 heteroatoms.